The van der Waals surface area contributed by atoms with Gasteiger partial charge in [0.05, 0.1) is 4.88 Å². The Morgan fingerprint density at radius 3 is 2.36 bits per heavy atom. The van der Waals surface area contributed by atoms with Crippen molar-refractivity contribution < 1.29 is 4.79 Å². The third-order valence-corrected chi connectivity index (χ3v) is 6.97. The number of thiophene rings is 3. The van der Waals surface area contributed by atoms with Crippen molar-refractivity contribution in [2.24, 2.45) is 0 Å². The van der Waals surface area contributed by atoms with Gasteiger partial charge in [0.25, 0.3) is 0 Å². The van der Waals surface area contributed by atoms with Crippen molar-refractivity contribution in [1.82, 2.24) is 0 Å². The minimum Gasteiger partial charge on any atom is -0.293 e. The highest BCUT2D eigenvalue weighted by Crippen LogP contribution is 2.39. The van der Waals surface area contributed by atoms with Crippen LogP contribution in [0.25, 0.3) is 19.5 Å². The molecule has 0 aliphatic rings. The van der Waals surface area contributed by atoms with Gasteiger partial charge in [0.15, 0.2) is 5.78 Å². The van der Waals surface area contributed by atoms with Crippen LogP contribution >= 0.6 is 34.0 Å². The molecule has 0 aliphatic carbocycles. The van der Waals surface area contributed by atoms with Crippen LogP contribution in [0.4, 0.5) is 0 Å². The van der Waals surface area contributed by atoms with E-state index in [0.717, 1.165) is 24.1 Å². The van der Waals surface area contributed by atoms with Crippen LogP contribution in [0.1, 0.15) is 42.3 Å². The van der Waals surface area contributed by atoms with E-state index in [2.05, 4.69) is 42.6 Å². The van der Waals surface area contributed by atoms with Crippen molar-refractivity contribution in [3.63, 3.8) is 0 Å². The second-order valence-corrected chi connectivity index (χ2v) is 8.30. The summed E-state index contributed by atoms with van der Waals surface area (Å²) in [5.41, 5.74) is 0. The van der Waals surface area contributed by atoms with Crippen molar-refractivity contribution in [1.29, 1.82) is 0 Å². The molecule has 0 aromatic carbocycles. The number of hydrogen-bond acceptors (Lipinski definition) is 4. The Labute approximate surface area is 143 Å². The Kier molecular flexibility index (Phi) is 5.24. The molecule has 114 valence electrons. The van der Waals surface area contributed by atoms with Gasteiger partial charge in [-0.3, -0.25) is 4.79 Å². The lowest BCUT2D eigenvalue weighted by molar-refractivity contribution is 0.0983. The first-order valence-electron chi connectivity index (χ1n) is 7.55. The van der Waals surface area contributed by atoms with E-state index in [0.29, 0.717) is 12.2 Å². The Morgan fingerprint density at radius 1 is 0.909 bits per heavy atom. The summed E-state index contributed by atoms with van der Waals surface area (Å²) < 4.78 is 0. The molecule has 4 heteroatoms. The Balaban J connectivity index is 1.72. The van der Waals surface area contributed by atoms with Crippen LogP contribution < -0.4 is 0 Å². The molecule has 22 heavy (non-hydrogen) atoms. The number of carbonyl (C=O) groups is 1. The molecule has 0 unspecified atom stereocenters. The van der Waals surface area contributed by atoms with Crippen LogP contribution in [-0.4, -0.2) is 5.78 Å². The van der Waals surface area contributed by atoms with E-state index in [9.17, 15) is 4.79 Å². The molecule has 0 saturated heterocycles. The lowest BCUT2D eigenvalue weighted by Gasteiger charge is -1.96. The Bertz CT molecular complexity index is 734. The Morgan fingerprint density at radius 2 is 1.64 bits per heavy atom. The molecule has 3 rings (SSSR count). The summed E-state index contributed by atoms with van der Waals surface area (Å²) in [5.74, 6) is 0.291. The number of carbonyl (C=O) groups excluding carboxylic acids is 1. The van der Waals surface area contributed by atoms with Gasteiger partial charge in [0.2, 0.25) is 0 Å². The third kappa shape index (κ3) is 3.57. The highest BCUT2D eigenvalue weighted by molar-refractivity contribution is 7.26. The fourth-order valence-corrected chi connectivity index (χ4v) is 5.20. The second kappa shape index (κ2) is 7.36. The summed E-state index contributed by atoms with van der Waals surface area (Å²) in [6, 6.07) is 12.6. The lowest BCUT2D eigenvalue weighted by atomic mass is 10.1. The first-order chi connectivity index (χ1) is 10.8. The summed E-state index contributed by atoms with van der Waals surface area (Å²) in [6.07, 6.45) is 3.98. The molecule has 0 amide bonds. The van der Waals surface area contributed by atoms with Crippen molar-refractivity contribution in [2.75, 3.05) is 0 Å². The largest absolute Gasteiger partial charge is 0.293 e. The second-order valence-electron chi connectivity index (χ2n) is 5.19. The van der Waals surface area contributed by atoms with Gasteiger partial charge in [-0.2, -0.15) is 0 Å². The minimum absolute atomic E-state index is 0.291. The van der Waals surface area contributed by atoms with E-state index in [-0.39, 0.29) is 0 Å². The molecule has 0 saturated carbocycles. The maximum absolute atomic E-state index is 12.2. The predicted molar refractivity (Wildman–Crippen MR) is 99.4 cm³/mol. The van der Waals surface area contributed by atoms with Crippen molar-refractivity contribution >= 4 is 39.8 Å². The normalized spacial score (nSPS) is 11.0. The van der Waals surface area contributed by atoms with Gasteiger partial charge >= 0.3 is 0 Å². The zero-order valence-electron chi connectivity index (χ0n) is 12.5. The summed E-state index contributed by atoms with van der Waals surface area (Å²) >= 11 is 5.19. The average molecular weight is 347 g/mol. The van der Waals surface area contributed by atoms with Crippen LogP contribution in [0.3, 0.4) is 0 Å². The zero-order chi connectivity index (χ0) is 15.4. The van der Waals surface area contributed by atoms with Gasteiger partial charge in [0.1, 0.15) is 0 Å². The van der Waals surface area contributed by atoms with Gasteiger partial charge in [-0.05, 0) is 42.1 Å². The molecule has 0 radical (unpaired) electrons. The fraction of sp³-hybridized carbons (Fsp3) is 0.278. The van der Waals surface area contributed by atoms with Crippen LogP contribution in [0.15, 0.2) is 41.8 Å². The van der Waals surface area contributed by atoms with Gasteiger partial charge in [-0.25, -0.2) is 0 Å². The zero-order valence-corrected chi connectivity index (χ0v) is 15.0. The van der Waals surface area contributed by atoms with E-state index >= 15 is 0 Å². The summed E-state index contributed by atoms with van der Waals surface area (Å²) in [5, 5.41) is 2.10. The van der Waals surface area contributed by atoms with Crippen LogP contribution in [0.5, 0.6) is 0 Å². The number of rotatable bonds is 7. The number of ketones is 1. The van der Waals surface area contributed by atoms with Crippen molar-refractivity contribution in [2.45, 2.75) is 32.6 Å². The van der Waals surface area contributed by atoms with Gasteiger partial charge in [0, 0.05) is 25.9 Å². The highest BCUT2D eigenvalue weighted by Gasteiger charge is 2.12. The molecule has 1 nitrogen and oxygen atoms in total. The molecule has 0 N–H and O–H groups in total. The van der Waals surface area contributed by atoms with Gasteiger partial charge in [-0.15, -0.1) is 34.0 Å². The van der Waals surface area contributed by atoms with Gasteiger partial charge in [-0.1, -0.05) is 25.8 Å². The van der Waals surface area contributed by atoms with E-state index in [1.807, 2.05) is 6.07 Å². The molecular formula is C18H18OS3. The number of Topliss-reactive ketones (excluding diaryl/α,β-unsaturated/α-hetero) is 1. The molecule has 3 heterocycles. The summed E-state index contributed by atoms with van der Waals surface area (Å²) in [7, 11) is 0. The molecule has 0 aliphatic heterocycles. The van der Waals surface area contributed by atoms with Crippen LogP contribution in [0.2, 0.25) is 0 Å². The van der Waals surface area contributed by atoms with E-state index in [4.69, 9.17) is 0 Å². The fourth-order valence-electron chi connectivity index (χ4n) is 2.30. The summed E-state index contributed by atoms with van der Waals surface area (Å²) in [4.78, 5) is 18.1. The standard InChI is InChI=1S/C18H18OS3/c1-2-3-4-6-13(19)14-8-9-17(21-14)18-11-10-16(22-18)15-7-5-12-20-15/h5,7-12H,2-4,6H2,1H3. The number of unbranched alkanes of at least 4 members (excludes halogenated alkanes) is 2. The van der Waals surface area contributed by atoms with E-state index < -0.39 is 0 Å². The van der Waals surface area contributed by atoms with Gasteiger partial charge < -0.3 is 0 Å². The Hall–Kier alpha value is -1.23. The average Bonchev–Trinajstić information content (AvgIpc) is 3.26. The highest BCUT2D eigenvalue weighted by atomic mass is 32.1. The summed E-state index contributed by atoms with van der Waals surface area (Å²) in [6.45, 7) is 2.16. The lowest BCUT2D eigenvalue weighted by Crippen LogP contribution is -1.94. The first-order valence-corrected chi connectivity index (χ1v) is 10.1. The maximum atomic E-state index is 12.2. The molecule has 3 aromatic heterocycles. The molecule has 0 bridgehead atoms. The molecular weight excluding hydrogens is 328 g/mol. The minimum atomic E-state index is 0.291. The number of hydrogen-bond donors (Lipinski definition) is 0. The van der Waals surface area contributed by atoms with Crippen molar-refractivity contribution in [3.05, 3.63) is 46.7 Å². The smallest absolute Gasteiger partial charge is 0.172 e. The maximum Gasteiger partial charge on any atom is 0.172 e. The first kappa shape index (κ1) is 15.7. The van der Waals surface area contributed by atoms with E-state index in [1.54, 1.807) is 34.0 Å². The predicted octanol–water partition coefficient (Wildman–Crippen LogP) is 6.97. The van der Waals surface area contributed by atoms with Crippen LogP contribution in [-0.2, 0) is 0 Å². The monoisotopic (exact) mass is 346 g/mol. The van der Waals surface area contributed by atoms with E-state index in [1.165, 1.54) is 19.5 Å². The van der Waals surface area contributed by atoms with Crippen LogP contribution in [0, 0.1) is 0 Å². The molecule has 0 fully saturated rings. The molecule has 0 atom stereocenters. The quantitative estimate of drug-likeness (QED) is 0.333. The molecule has 3 aromatic rings. The van der Waals surface area contributed by atoms with Crippen molar-refractivity contribution in [3.8, 4) is 19.5 Å². The SMILES string of the molecule is CCCCCC(=O)c1ccc(-c2ccc(-c3cccs3)s2)s1. The molecule has 0 spiro atoms. The third-order valence-electron chi connectivity index (χ3n) is 3.50. The topological polar surface area (TPSA) is 17.1 Å².